The molecule has 2 aliphatic carbocycles. The van der Waals surface area contributed by atoms with Gasteiger partial charge in [0.25, 0.3) is 0 Å². The van der Waals surface area contributed by atoms with Crippen molar-refractivity contribution < 1.29 is 4.79 Å². The first-order valence-corrected chi connectivity index (χ1v) is 10.0. The number of amides is 1. The van der Waals surface area contributed by atoms with Crippen molar-refractivity contribution in [3.63, 3.8) is 0 Å². The number of fused-ring (bicyclic) bond motifs is 1. The van der Waals surface area contributed by atoms with Crippen LogP contribution in [0.5, 0.6) is 0 Å². The van der Waals surface area contributed by atoms with Gasteiger partial charge in [0, 0.05) is 25.6 Å². The third-order valence-corrected chi connectivity index (χ3v) is 6.70. The van der Waals surface area contributed by atoms with Gasteiger partial charge < -0.3 is 9.47 Å². The van der Waals surface area contributed by atoms with Crippen molar-refractivity contribution in [2.45, 2.75) is 68.5 Å². The molecule has 3 fully saturated rings. The van der Waals surface area contributed by atoms with Crippen LogP contribution < -0.4 is 0 Å². The van der Waals surface area contributed by atoms with Crippen molar-refractivity contribution in [3.05, 3.63) is 5.82 Å². The first-order chi connectivity index (χ1) is 11.2. The molecule has 1 aromatic heterocycles. The van der Waals surface area contributed by atoms with Gasteiger partial charge in [0.1, 0.15) is 5.82 Å². The van der Waals surface area contributed by atoms with E-state index >= 15 is 0 Å². The Hall–Kier alpha value is -1.04. The summed E-state index contributed by atoms with van der Waals surface area (Å²) in [6, 6.07) is 0.507. The summed E-state index contributed by atoms with van der Waals surface area (Å²) < 4.78 is 2.08. The molecule has 1 saturated heterocycles. The first kappa shape index (κ1) is 15.5. The molecule has 126 valence electrons. The van der Waals surface area contributed by atoms with Crippen LogP contribution in [-0.2, 0) is 11.8 Å². The van der Waals surface area contributed by atoms with Gasteiger partial charge in [-0.25, -0.2) is 0 Å². The second kappa shape index (κ2) is 6.46. The fourth-order valence-electron chi connectivity index (χ4n) is 4.29. The average Bonchev–Trinajstić information content (AvgIpc) is 3.36. The predicted octanol–water partition coefficient (Wildman–Crippen LogP) is 2.97. The standard InChI is InChI=1S/C17H26N4OS/c1-20-16(13-8-9-13)18-19-17(20)23-11-15(22)21-10-4-6-12-5-2-3-7-14(12)21/h12-14H,2-11H2,1H3. The predicted molar refractivity (Wildman–Crippen MR) is 90.4 cm³/mol. The number of carbonyl (C=O) groups excluding carboxylic acids is 1. The Balaban J connectivity index is 1.37. The van der Waals surface area contributed by atoms with Crippen molar-refractivity contribution in [2.75, 3.05) is 12.3 Å². The van der Waals surface area contributed by atoms with Crippen LogP contribution in [0.2, 0.25) is 0 Å². The van der Waals surface area contributed by atoms with E-state index < -0.39 is 0 Å². The largest absolute Gasteiger partial charge is 0.339 e. The highest BCUT2D eigenvalue weighted by atomic mass is 32.2. The number of nitrogens with zero attached hydrogens (tertiary/aromatic N) is 4. The van der Waals surface area contributed by atoms with Gasteiger partial charge in [-0.05, 0) is 44.4 Å². The lowest BCUT2D eigenvalue weighted by Crippen LogP contribution is -2.50. The van der Waals surface area contributed by atoms with E-state index in [1.54, 1.807) is 11.8 Å². The summed E-state index contributed by atoms with van der Waals surface area (Å²) in [6.07, 6.45) is 10.1. The van der Waals surface area contributed by atoms with Crippen molar-refractivity contribution in [1.82, 2.24) is 19.7 Å². The van der Waals surface area contributed by atoms with Crippen LogP contribution in [0.1, 0.15) is 63.1 Å². The molecule has 2 unspecified atom stereocenters. The van der Waals surface area contributed by atoms with Crippen LogP contribution in [0, 0.1) is 5.92 Å². The molecule has 1 aromatic rings. The molecule has 1 amide bonds. The topological polar surface area (TPSA) is 51.0 Å². The Kier molecular flexibility index (Phi) is 4.35. The third kappa shape index (κ3) is 3.14. The Morgan fingerprint density at radius 3 is 2.74 bits per heavy atom. The van der Waals surface area contributed by atoms with E-state index in [-0.39, 0.29) is 0 Å². The molecular formula is C17H26N4OS. The SMILES string of the molecule is Cn1c(SCC(=O)N2CCCC3CCCCC32)nnc1C1CC1. The Labute approximate surface area is 142 Å². The minimum atomic E-state index is 0.294. The summed E-state index contributed by atoms with van der Waals surface area (Å²) >= 11 is 1.55. The van der Waals surface area contributed by atoms with Crippen LogP contribution in [0.4, 0.5) is 0 Å². The van der Waals surface area contributed by atoms with E-state index in [2.05, 4.69) is 19.7 Å². The summed E-state index contributed by atoms with van der Waals surface area (Å²) in [5.74, 6) is 3.23. The van der Waals surface area contributed by atoms with Crippen molar-refractivity contribution in [2.24, 2.45) is 13.0 Å². The summed E-state index contributed by atoms with van der Waals surface area (Å²) in [4.78, 5) is 14.9. The minimum Gasteiger partial charge on any atom is -0.339 e. The maximum absolute atomic E-state index is 12.7. The van der Waals surface area contributed by atoms with Crippen LogP contribution in [0.15, 0.2) is 5.16 Å². The third-order valence-electron chi connectivity index (χ3n) is 5.70. The zero-order valence-corrected chi connectivity index (χ0v) is 14.7. The number of rotatable bonds is 4. The summed E-state index contributed by atoms with van der Waals surface area (Å²) in [6.45, 7) is 0.951. The van der Waals surface area contributed by atoms with Gasteiger partial charge in [0.15, 0.2) is 5.16 Å². The van der Waals surface area contributed by atoms with Gasteiger partial charge in [-0.15, -0.1) is 10.2 Å². The minimum absolute atomic E-state index is 0.294. The van der Waals surface area contributed by atoms with Crippen molar-refractivity contribution >= 4 is 17.7 Å². The first-order valence-electron chi connectivity index (χ1n) is 9.05. The average molecular weight is 334 g/mol. The number of aromatic nitrogens is 3. The fourth-order valence-corrected chi connectivity index (χ4v) is 5.10. The molecule has 2 saturated carbocycles. The van der Waals surface area contributed by atoms with E-state index in [0.29, 0.717) is 23.6 Å². The van der Waals surface area contributed by atoms with Gasteiger partial charge in [0.2, 0.25) is 5.91 Å². The molecular weight excluding hydrogens is 308 g/mol. The van der Waals surface area contributed by atoms with E-state index in [9.17, 15) is 4.79 Å². The summed E-state index contributed by atoms with van der Waals surface area (Å²) in [5, 5.41) is 9.47. The number of hydrogen-bond acceptors (Lipinski definition) is 4. The molecule has 4 rings (SSSR count). The lowest BCUT2D eigenvalue weighted by atomic mass is 9.78. The molecule has 5 nitrogen and oxygen atoms in total. The van der Waals surface area contributed by atoms with Crippen LogP contribution >= 0.6 is 11.8 Å². The van der Waals surface area contributed by atoms with E-state index in [1.165, 1.54) is 51.4 Å². The molecule has 0 radical (unpaired) electrons. The zero-order chi connectivity index (χ0) is 15.8. The van der Waals surface area contributed by atoms with Crippen LogP contribution in [0.25, 0.3) is 0 Å². The Morgan fingerprint density at radius 2 is 1.91 bits per heavy atom. The van der Waals surface area contributed by atoms with Crippen LogP contribution in [0.3, 0.4) is 0 Å². The second-order valence-corrected chi connectivity index (χ2v) is 8.25. The Bertz CT molecular complexity index is 581. The molecule has 6 heteroatoms. The highest BCUT2D eigenvalue weighted by molar-refractivity contribution is 7.99. The molecule has 2 atom stereocenters. The highest BCUT2D eigenvalue weighted by Gasteiger charge is 2.35. The molecule has 0 aromatic carbocycles. The van der Waals surface area contributed by atoms with E-state index in [1.807, 2.05) is 7.05 Å². The molecule has 3 aliphatic rings. The smallest absolute Gasteiger partial charge is 0.233 e. The number of thioether (sulfide) groups is 1. The molecule has 0 N–H and O–H groups in total. The molecule has 23 heavy (non-hydrogen) atoms. The maximum Gasteiger partial charge on any atom is 0.233 e. The van der Waals surface area contributed by atoms with Gasteiger partial charge in [-0.3, -0.25) is 4.79 Å². The quantitative estimate of drug-likeness (QED) is 0.794. The molecule has 1 aliphatic heterocycles. The normalized spacial score (nSPS) is 27.8. The number of piperidine rings is 1. The van der Waals surface area contributed by atoms with E-state index in [0.717, 1.165) is 23.4 Å². The number of carbonyl (C=O) groups is 1. The summed E-state index contributed by atoms with van der Waals surface area (Å²) in [5.41, 5.74) is 0. The summed E-state index contributed by atoms with van der Waals surface area (Å²) in [7, 11) is 2.03. The highest BCUT2D eigenvalue weighted by Crippen LogP contribution is 2.40. The Morgan fingerprint density at radius 1 is 1.13 bits per heavy atom. The maximum atomic E-state index is 12.7. The fraction of sp³-hybridized carbons (Fsp3) is 0.824. The second-order valence-electron chi connectivity index (χ2n) is 7.30. The number of hydrogen-bond donors (Lipinski definition) is 0. The van der Waals surface area contributed by atoms with Gasteiger partial charge in [0.05, 0.1) is 5.75 Å². The monoisotopic (exact) mass is 334 g/mol. The zero-order valence-electron chi connectivity index (χ0n) is 13.9. The molecule has 0 spiro atoms. The van der Waals surface area contributed by atoms with Crippen LogP contribution in [-0.4, -0.2) is 43.9 Å². The van der Waals surface area contributed by atoms with Crippen molar-refractivity contribution in [1.29, 1.82) is 0 Å². The van der Waals surface area contributed by atoms with Gasteiger partial charge >= 0.3 is 0 Å². The molecule has 2 heterocycles. The lowest BCUT2D eigenvalue weighted by Gasteiger charge is -2.44. The lowest BCUT2D eigenvalue weighted by molar-refractivity contribution is -0.134. The molecule has 0 bridgehead atoms. The van der Waals surface area contributed by atoms with Gasteiger partial charge in [-0.1, -0.05) is 24.6 Å². The van der Waals surface area contributed by atoms with Crippen molar-refractivity contribution in [3.8, 4) is 0 Å². The number of likely N-dealkylation sites (tertiary alicyclic amines) is 1. The van der Waals surface area contributed by atoms with E-state index in [4.69, 9.17) is 0 Å². The van der Waals surface area contributed by atoms with Gasteiger partial charge in [-0.2, -0.15) is 0 Å².